The van der Waals surface area contributed by atoms with E-state index >= 15 is 0 Å². The van der Waals surface area contributed by atoms with Crippen molar-refractivity contribution in [3.63, 3.8) is 0 Å². The zero-order valence-electron chi connectivity index (χ0n) is 14.6. The van der Waals surface area contributed by atoms with E-state index in [-0.39, 0.29) is 11.5 Å². The van der Waals surface area contributed by atoms with Crippen LogP contribution < -0.4 is 5.56 Å². The van der Waals surface area contributed by atoms with E-state index in [1.807, 2.05) is 35.2 Å². The van der Waals surface area contributed by atoms with Crippen molar-refractivity contribution >= 4 is 16.8 Å². The summed E-state index contributed by atoms with van der Waals surface area (Å²) < 4.78 is 1.54. The number of aromatic amines is 1. The number of amides is 1. The predicted molar refractivity (Wildman–Crippen MR) is 100.0 cm³/mol. The Bertz CT molecular complexity index is 953. The third-order valence-corrected chi connectivity index (χ3v) is 5.08. The van der Waals surface area contributed by atoms with Crippen molar-refractivity contribution < 1.29 is 4.79 Å². The number of likely N-dealkylation sites (tertiary alicyclic amines) is 1. The maximum Gasteiger partial charge on any atom is 0.262 e. The Morgan fingerprint density at radius 3 is 2.50 bits per heavy atom. The Labute approximate surface area is 151 Å². The fourth-order valence-electron chi connectivity index (χ4n) is 3.68. The molecular formula is C20H22N4O2. The number of carbonyl (C=O) groups excluding carboxylic acids is 1. The van der Waals surface area contributed by atoms with Crippen LogP contribution in [-0.4, -0.2) is 38.7 Å². The number of benzene rings is 1. The van der Waals surface area contributed by atoms with Gasteiger partial charge in [0, 0.05) is 19.3 Å². The molecule has 6 heteroatoms. The second-order valence-electron chi connectivity index (χ2n) is 6.78. The predicted octanol–water partition coefficient (Wildman–Crippen LogP) is 2.72. The summed E-state index contributed by atoms with van der Waals surface area (Å²) in [6.45, 7) is 1.51. The molecule has 1 atom stereocenters. The number of fused-ring (bicyclic) bond motifs is 1. The lowest BCUT2D eigenvalue weighted by Gasteiger charge is -2.27. The Morgan fingerprint density at radius 2 is 1.77 bits per heavy atom. The summed E-state index contributed by atoms with van der Waals surface area (Å²) in [5, 5.41) is 7.25. The van der Waals surface area contributed by atoms with Crippen molar-refractivity contribution in [1.82, 2.24) is 19.7 Å². The molecule has 6 nitrogen and oxygen atoms in total. The number of carbonyl (C=O) groups is 1. The van der Waals surface area contributed by atoms with Gasteiger partial charge in [-0.1, -0.05) is 43.2 Å². The molecule has 1 unspecified atom stereocenters. The summed E-state index contributed by atoms with van der Waals surface area (Å²) in [5.41, 5.74) is 1.31. The maximum atomic E-state index is 13.4. The minimum Gasteiger partial charge on any atom is -0.341 e. The van der Waals surface area contributed by atoms with Crippen molar-refractivity contribution in [2.45, 2.75) is 31.7 Å². The molecule has 0 bridgehead atoms. The number of hydrogen-bond donors (Lipinski definition) is 1. The van der Waals surface area contributed by atoms with Crippen molar-refractivity contribution in [2.75, 3.05) is 13.1 Å². The Balaban J connectivity index is 1.81. The molecule has 1 saturated heterocycles. The van der Waals surface area contributed by atoms with Gasteiger partial charge in [0.05, 0.1) is 17.1 Å². The third-order valence-electron chi connectivity index (χ3n) is 5.08. The van der Waals surface area contributed by atoms with Gasteiger partial charge in [-0.15, -0.1) is 0 Å². The van der Waals surface area contributed by atoms with Gasteiger partial charge in [-0.05, 0) is 24.5 Å². The number of H-pyrrole nitrogens is 1. The van der Waals surface area contributed by atoms with Crippen LogP contribution in [0.15, 0.2) is 53.6 Å². The van der Waals surface area contributed by atoms with E-state index in [9.17, 15) is 9.59 Å². The zero-order chi connectivity index (χ0) is 17.9. The average molecular weight is 350 g/mol. The van der Waals surface area contributed by atoms with Crippen LogP contribution in [0.3, 0.4) is 0 Å². The molecule has 1 fully saturated rings. The molecule has 0 saturated carbocycles. The number of pyridine rings is 1. The Hall–Kier alpha value is -2.89. The molecule has 1 aliphatic heterocycles. The number of nitrogens with one attached hydrogen (secondary N) is 1. The van der Waals surface area contributed by atoms with Gasteiger partial charge in [-0.2, -0.15) is 5.10 Å². The number of nitrogens with zero attached hydrogens (tertiary/aromatic N) is 3. The van der Waals surface area contributed by atoms with E-state index in [4.69, 9.17) is 0 Å². The van der Waals surface area contributed by atoms with Crippen molar-refractivity contribution in [3.8, 4) is 0 Å². The Kier molecular flexibility index (Phi) is 4.56. The van der Waals surface area contributed by atoms with Gasteiger partial charge in [-0.3, -0.25) is 19.3 Å². The van der Waals surface area contributed by atoms with Gasteiger partial charge in [-0.25, -0.2) is 0 Å². The van der Waals surface area contributed by atoms with Crippen LogP contribution in [0.5, 0.6) is 0 Å². The number of aromatic nitrogens is 3. The van der Waals surface area contributed by atoms with Gasteiger partial charge in [0.25, 0.3) is 5.56 Å². The van der Waals surface area contributed by atoms with Gasteiger partial charge < -0.3 is 4.90 Å². The molecule has 1 aromatic carbocycles. The summed E-state index contributed by atoms with van der Waals surface area (Å²) in [6, 6.07) is 10.7. The molecule has 2 aromatic heterocycles. The highest BCUT2D eigenvalue weighted by molar-refractivity contribution is 5.84. The minimum absolute atomic E-state index is 0.0111. The molecule has 1 aliphatic rings. The van der Waals surface area contributed by atoms with Gasteiger partial charge >= 0.3 is 0 Å². The molecule has 0 aliphatic carbocycles. The molecule has 0 radical (unpaired) electrons. The minimum atomic E-state index is -0.652. The molecule has 1 amide bonds. The molecular weight excluding hydrogens is 328 g/mol. The van der Waals surface area contributed by atoms with E-state index < -0.39 is 6.04 Å². The third kappa shape index (κ3) is 3.03. The van der Waals surface area contributed by atoms with Crippen LogP contribution in [0.1, 0.15) is 37.3 Å². The second kappa shape index (κ2) is 7.15. The van der Waals surface area contributed by atoms with E-state index in [0.717, 1.165) is 44.3 Å². The molecule has 3 aromatic rings. The van der Waals surface area contributed by atoms with Gasteiger partial charge in [0.2, 0.25) is 5.91 Å². The van der Waals surface area contributed by atoms with E-state index in [1.54, 1.807) is 16.8 Å². The van der Waals surface area contributed by atoms with Crippen LogP contribution in [0.25, 0.3) is 10.9 Å². The smallest absolute Gasteiger partial charge is 0.262 e. The van der Waals surface area contributed by atoms with Crippen molar-refractivity contribution in [1.29, 1.82) is 0 Å². The van der Waals surface area contributed by atoms with Crippen LogP contribution in [0.2, 0.25) is 0 Å². The van der Waals surface area contributed by atoms with E-state index in [2.05, 4.69) is 10.2 Å². The van der Waals surface area contributed by atoms with Crippen molar-refractivity contribution in [3.05, 3.63) is 64.7 Å². The number of hydrogen-bond acceptors (Lipinski definition) is 3. The summed E-state index contributed by atoms with van der Waals surface area (Å²) in [5.74, 6) is -0.0111. The Morgan fingerprint density at radius 1 is 1.04 bits per heavy atom. The largest absolute Gasteiger partial charge is 0.341 e. The first-order valence-electron chi connectivity index (χ1n) is 9.13. The molecule has 26 heavy (non-hydrogen) atoms. The first-order valence-corrected chi connectivity index (χ1v) is 9.13. The van der Waals surface area contributed by atoms with Gasteiger partial charge in [0.1, 0.15) is 6.04 Å². The van der Waals surface area contributed by atoms with Crippen LogP contribution in [-0.2, 0) is 4.79 Å². The molecule has 1 N–H and O–H groups in total. The normalized spacial score (nSPS) is 16.4. The van der Waals surface area contributed by atoms with Crippen molar-refractivity contribution in [2.24, 2.45) is 0 Å². The topological polar surface area (TPSA) is 71.0 Å². The molecule has 4 rings (SSSR count). The second-order valence-corrected chi connectivity index (χ2v) is 6.78. The lowest BCUT2D eigenvalue weighted by Crippen LogP contribution is -2.41. The lowest BCUT2D eigenvalue weighted by molar-refractivity contribution is -0.133. The summed E-state index contributed by atoms with van der Waals surface area (Å²) in [6.07, 6.45) is 7.55. The monoisotopic (exact) mass is 350 g/mol. The SMILES string of the molecule is O=C(C(c1ccccc1)n1ccc2[nH]ncc2c1=O)N1CCCCCC1. The highest BCUT2D eigenvalue weighted by atomic mass is 16.2. The van der Waals surface area contributed by atoms with Crippen LogP contribution in [0, 0.1) is 0 Å². The summed E-state index contributed by atoms with van der Waals surface area (Å²) >= 11 is 0. The fraction of sp³-hybridized carbons (Fsp3) is 0.350. The highest BCUT2D eigenvalue weighted by Gasteiger charge is 2.29. The van der Waals surface area contributed by atoms with E-state index in [1.165, 1.54) is 6.20 Å². The molecule has 134 valence electrons. The summed E-state index contributed by atoms with van der Waals surface area (Å²) in [7, 11) is 0. The van der Waals surface area contributed by atoms with Gasteiger partial charge in [0.15, 0.2) is 0 Å². The summed E-state index contributed by atoms with van der Waals surface area (Å²) in [4.78, 5) is 28.3. The zero-order valence-corrected chi connectivity index (χ0v) is 14.6. The number of rotatable bonds is 3. The first-order chi connectivity index (χ1) is 12.8. The van der Waals surface area contributed by atoms with Crippen LogP contribution in [0.4, 0.5) is 0 Å². The molecule has 3 heterocycles. The average Bonchev–Trinajstić information content (AvgIpc) is 2.99. The quantitative estimate of drug-likeness (QED) is 0.789. The molecule has 0 spiro atoms. The van der Waals surface area contributed by atoms with Crippen LogP contribution >= 0.6 is 0 Å². The first kappa shape index (κ1) is 16.6. The highest BCUT2D eigenvalue weighted by Crippen LogP contribution is 2.22. The lowest BCUT2D eigenvalue weighted by atomic mass is 10.0. The maximum absolute atomic E-state index is 13.4. The van der Waals surface area contributed by atoms with E-state index in [0.29, 0.717) is 10.9 Å². The standard InChI is InChI=1S/C20H22N4O2/c25-19-16-14-21-22-17(16)10-13-24(19)18(15-8-4-3-5-9-15)20(26)23-11-6-1-2-7-12-23/h3-5,8-10,13-14,18H,1-2,6-7,11-12H2,(H,21,22). The fourth-order valence-corrected chi connectivity index (χ4v) is 3.68.